The maximum absolute atomic E-state index is 11.6. The van der Waals surface area contributed by atoms with Crippen molar-refractivity contribution in [2.75, 3.05) is 11.4 Å². The number of ether oxygens (including phenoxy) is 1. The van der Waals surface area contributed by atoms with E-state index < -0.39 is 0 Å². The topological polar surface area (TPSA) is 60.2 Å². The molecule has 3 rings (SSSR count). The van der Waals surface area contributed by atoms with Crippen LogP contribution in [0.3, 0.4) is 0 Å². The van der Waals surface area contributed by atoms with Crippen LogP contribution in [-0.4, -0.2) is 27.2 Å². The number of aromatic nitrogens is 3. The predicted molar refractivity (Wildman–Crippen MR) is 73.4 cm³/mol. The van der Waals surface area contributed by atoms with Crippen LogP contribution in [0.15, 0.2) is 30.6 Å². The van der Waals surface area contributed by atoms with Gasteiger partial charge in [0.2, 0.25) is 5.91 Å². The van der Waals surface area contributed by atoms with Gasteiger partial charge in [0, 0.05) is 38.5 Å². The largest absolute Gasteiger partial charge is 0.487 e. The SMILES string of the molecule is CC(=O)N1CCCn2nc(COc3ccncc3)cc21. The number of carbonyl (C=O) groups is 1. The van der Waals surface area contributed by atoms with E-state index in [1.165, 1.54) is 0 Å². The van der Waals surface area contributed by atoms with Crippen molar-refractivity contribution in [3.63, 3.8) is 0 Å². The summed E-state index contributed by atoms with van der Waals surface area (Å²) in [5.41, 5.74) is 0.824. The molecule has 0 bridgehead atoms. The lowest BCUT2D eigenvalue weighted by Crippen LogP contribution is -2.35. The second-order valence-electron chi connectivity index (χ2n) is 4.71. The van der Waals surface area contributed by atoms with Crippen molar-refractivity contribution in [1.29, 1.82) is 0 Å². The fourth-order valence-corrected chi connectivity index (χ4v) is 2.31. The van der Waals surface area contributed by atoms with Gasteiger partial charge in [0.1, 0.15) is 23.9 Å². The minimum absolute atomic E-state index is 0.0486. The summed E-state index contributed by atoms with van der Waals surface area (Å²) >= 11 is 0. The summed E-state index contributed by atoms with van der Waals surface area (Å²) in [6.07, 6.45) is 4.30. The highest BCUT2D eigenvalue weighted by atomic mass is 16.5. The van der Waals surface area contributed by atoms with Crippen LogP contribution in [0.2, 0.25) is 0 Å². The van der Waals surface area contributed by atoms with Crippen LogP contribution in [0.1, 0.15) is 19.0 Å². The highest BCUT2D eigenvalue weighted by Gasteiger charge is 2.22. The van der Waals surface area contributed by atoms with Crippen molar-refractivity contribution in [1.82, 2.24) is 14.8 Å². The number of nitrogens with zero attached hydrogens (tertiary/aromatic N) is 4. The fraction of sp³-hybridized carbons (Fsp3) is 0.357. The second-order valence-corrected chi connectivity index (χ2v) is 4.71. The Morgan fingerprint density at radius 1 is 1.35 bits per heavy atom. The van der Waals surface area contributed by atoms with Crippen molar-refractivity contribution in [2.24, 2.45) is 0 Å². The summed E-state index contributed by atoms with van der Waals surface area (Å²) in [4.78, 5) is 17.3. The van der Waals surface area contributed by atoms with Crippen LogP contribution in [-0.2, 0) is 17.9 Å². The van der Waals surface area contributed by atoms with Crippen LogP contribution in [0.4, 0.5) is 5.82 Å². The number of hydrogen-bond donors (Lipinski definition) is 0. The Labute approximate surface area is 117 Å². The maximum Gasteiger partial charge on any atom is 0.225 e. The summed E-state index contributed by atoms with van der Waals surface area (Å²) < 4.78 is 7.52. The molecule has 20 heavy (non-hydrogen) atoms. The Kier molecular flexibility index (Phi) is 3.37. The lowest BCUT2D eigenvalue weighted by molar-refractivity contribution is -0.116. The average molecular weight is 272 g/mol. The van der Waals surface area contributed by atoms with Crippen molar-refractivity contribution in [3.05, 3.63) is 36.3 Å². The van der Waals surface area contributed by atoms with Crippen LogP contribution in [0, 0.1) is 0 Å². The normalized spacial score (nSPS) is 13.9. The highest BCUT2D eigenvalue weighted by molar-refractivity contribution is 5.90. The van der Waals surface area contributed by atoms with Gasteiger partial charge in [-0.15, -0.1) is 0 Å². The number of amides is 1. The molecule has 0 saturated heterocycles. The molecule has 2 aromatic heterocycles. The molecule has 0 radical (unpaired) electrons. The van der Waals surface area contributed by atoms with Gasteiger partial charge in [-0.3, -0.25) is 14.7 Å². The van der Waals surface area contributed by atoms with Gasteiger partial charge in [-0.1, -0.05) is 0 Å². The molecule has 0 N–H and O–H groups in total. The van der Waals surface area contributed by atoms with E-state index in [1.54, 1.807) is 36.4 Å². The lowest BCUT2D eigenvalue weighted by Gasteiger charge is -2.26. The first-order valence-electron chi connectivity index (χ1n) is 6.62. The highest BCUT2D eigenvalue weighted by Crippen LogP contribution is 2.22. The Hall–Kier alpha value is -2.37. The smallest absolute Gasteiger partial charge is 0.225 e. The molecule has 0 fully saturated rings. The van der Waals surface area contributed by atoms with E-state index in [0.717, 1.165) is 36.8 Å². The quantitative estimate of drug-likeness (QED) is 0.851. The van der Waals surface area contributed by atoms with E-state index in [4.69, 9.17) is 4.74 Å². The summed E-state index contributed by atoms with van der Waals surface area (Å²) in [6.45, 7) is 3.56. The van der Waals surface area contributed by atoms with Gasteiger partial charge >= 0.3 is 0 Å². The van der Waals surface area contributed by atoms with Gasteiger partial charge < -0.3 is 4.74 Å². The predicted octanol–water partition coefficient (Wildman–Crippen LogP) is 1.61. The molecule has 6 heteroatoms. The summed E-state index contributed by atoms with van der Waals surface area (Å²) in [6, 6.07) is 5.53. The number of fused-ring (bicyclic) bond motifs is 1. The van der Waals surface area contributed by atoms with E-state index in [0.29, 0.717) is 6.61 Å². The number of pyridine rings is 1. The Bertz CT molecular complexity index is 609. The van der Waals surface area contributed by atoms with Gasteiger partial charge in [0.25, 0.3) is 0 Å². The van der Waals surface area contributed by atoms with Crippen LogP contribution in [0.5, 0.6) is 5.75 Å². The van der Waals surface area contributed by atoms with Crippen molar-refractivity contribution in [2.45, 2.75) is 26.5 Å². The molecule has 3 heterocycles. The number of carbonyl (C=O) groups excluding carboxylic acids is 1. The zero-order valence-corrected chi connectivity index (χ0v) is 11.3. The van der Waals surface area contributed by atoms with E-state index in [-0.39, 0.29) is 5.91 Å². The van der Waals surface area contributed by atoms with Gasteiger partial charge in [-0.05, 0) is 18.6 Å². The maximum atomic E-state index is 11.6. The minimum Gasteiger partial charge on any atom is -0.487 e. The molecule has 0 atom stereocenters. The standard InChI is InChI=1S/C14H16N4O2/c1-11(19)17-7-2-8-18-14(17)9-12(16-18)10-20-13-3-5-15-6-4-13/h3-6,9H,2,7-8,10H2,1H3. The first-order chi connectivity index (χ1) is 9.74. The van der Waals surface area contributed by atoms with Crippen LogP contribution in [0.25, 0.3) is 0 Å². The first-order valence-corrected chi connectivity index (χ1v) is 6.62. The van der Waals surface area contributed by atoms with Gasteiger partial charge in [0.15, 0.2) is 0 Å². The van der Waals surface area contributed by atoms with Crippen molar-refractivity contribution < 1.29 is 9.53 Å². The summed E-state index contributed by atoms with van der Waals surface area (Å²) in [5.74, 6) is 1.67. The molecule has 6 nitrogen and oxygen atoms in total. The molecule has 1 aliphatic heterocycles. The van der Waals surface area contributed by atoms with Crippen LogP contribution < -0.4 is 9.64 Å². The number of hydrogen-bond acceptors (Lipinski definition) is 4. The molecule has 0 spiro atoms. The minimum atomic E-state index is 0.0486. The molecule has 0 unspecified atom stereocenters. The number of aryl methyl sites for hydroxylation is 1. The molecule has 0 saturated carbocycles. The fourth-order valence-electron chi connectivity index (χ4n) is 2.31. The first kappa shape index (κ1) is 12.7. The Morgan fingerprint density at radius 3 is 2.90 bits per heavy atom. The zero-order chi connectivity index (χ0) is 13.9. The van der Waals surface area contributed by atoms with Gasteiger partial charge in [0.05, 0.1) is 0 Å². The van der Waals surface area contributed by atoms with E-state index in [9.17, 15) is 4.79 Å². The van der Waals surface area contributed by atoms with Gasteiger partial charge in [-0.25, -0.2) is 4.68 Å². The Balaban J connectivity index is 1.74. The molecular formula is C14H16N4O2. The average Bonchev–Trinajstić information content (AvgIpc) is 2.88. The zero-order valence-electron chi connectivity index (χ0n) is 11.3. The monoisotopic (exact) mass is 272 g/mol. The van der Waals surface area contributed by atoms with Crippen molar-refractivity contribution >= 4 is 11.7 Å². The lowest BCUT2D eigenvalue weighted by atomic mass is 10.3. The third kappa shape index (κ3) is 2.49. The summed E-state index contributed by atoms with van der Waals surface area (Å²) in [7, 11) is 0. The molecular weight excluding hydrogens is 256 g/mol. The van der Waals surface area contributed by atoms with E-state index in [1.807, 2.05) is 10.7 Å². The molecule has 2 aromatic rings. The number of rotatable bonds is 3. The van der Waals surface area contributed by atoms with E-state index >= 15 is 0 Å². The third-order valence-corrected chi connectivity index (χ3v) is 3.25. The molecule has 0 aromatic carbocycles. The van der Waals surface area contributed by atoms with Crippen molar-refractivity contribution in [3.8, 4) is 5.75 Å². The molecule has 1 amide bonds. The number of anilines is 1. The Morgan fingerprint density at radius 2 is 2.15 bits per heavy atom. The van der Waals surface area contributed by atoms with Gasteiger partial charge in [-0.2, -0.15) is 5.10 Å². The molecule has 1 aliphatic rings. The van der Waals surface area contributed by atoms with E-state index in [2.05, 4.69) is 10.1 Å². The molecule has 0 aliphatic carbocycles. The summed E-state index contributed by atoms with van der Waals surface area (Å²) in [5, 5.41) is 4.48. The third-order valence-electron chi connectivity index (χ3n) is 3.25. The molecule has 104 valence electrons. The van der Waals surface area contributed by atoms with Crippen LogP contribution >= 0.6 is 0 Å². The second kappa shape index (κ2) is 5.32.